The molecule has 1 aromatic carbocycles. The molecule has 2 rings (SSSR count). The van der Waals surface area contributed by atoms with Gasteiger partial charge in [-0.15, -0.1) is 24.0 Å². The highest BCUT2D eigenvalue weighted by Crippen LogP contribution is 2.14. The van der Waals surface area contributed by atoms with Crippen molar-refractivity contribution < 1.29 is 14.2 Å². The summed E-state index contributed by atoms with van der Waals surface area (Å²) in [5.74, 6) is 0.873. The Balaban J connectivity index is 0.00000264. The van der Waals surface area contributed by atoms with Crippen LogP contribution in [0.5, 0.6) is 0 Å². The van der Waals surface area contributed by atoms with Crippen molar-refractivity contribution >= 4 is 29.9 Å². The van der Waals surface area contributed by atoms with Crippen molar-refractivity contribution in [1.29, 1.82) is 0 Å². The van der Waals surface area contributed by atoms with Gasteiger partial charge in [-0.3, -0.25) is 4.99 Å². The fourth-order valence-corrected chi connectivity index (χ4v) is 2.61. The molecule has 0 aromatic heterocycles. The first-order valence-corrected chi connectivity index (χ1v) is 7.53. The van der Waals surface area contributed by atoms with E-state index in [0.717, 1.165) is 26.2 Å². The van der Waals surface area contributed by atoms with Gasteiger partial charge in [0.15, 0.2) is 5.96 Å². The van der Waals surface area contributed by atoms with Crippen LogP contribution in [0.15, 0.2) is 29.3 Å². The van der Waals surface area contributed by atoms with Gasteiger partial charge in [0.1, 0.15) is 5.82 Å². The van der Waals surface area contributed by atoms with Crippen molar-refractivity contribution in [3.8, 4) is 0 Å². The van der Waals surface area contributed by atoms with Crippen LogP contribution in [0.2, 0.25) is 0 Å². The molecular formula is C16H25FIN3O2. The zero-order chi connectivity index (χ0) is 15.9. The Kier molecular flexibility index (Phi) is 8.78. The Bertz CT molecular complexity index is 510. The molecule has 2 N–H and O–H groups in total. The molecule has 1 aliphatic rings. The molecule has 23 heavy (non-hydrogen) atoms. The molecule has 0 radical (unpaired) electrons. The van der Waals surface area contributed by atoms with Gasteiger partial charge in [-0.25, -0.2) is 4.39 Å². The summed E-state index contributed by atoms with van der Waals surface area (Å²) >= 11 is 0. The number of aliphatic hydroxyl groups excluding tert-OH is 1. The van der Waals surface area contributed by atoms with E-state index in [9.17, 15) is 9.50 Å². The second-order valence-corrected chi connectivity index (χ2v) is 5.61. The molecule has 1 saturated heterocycles. The third-order valence-corrected chi connectivity index (χ3v) is 3.82. The Hall–Kier alpha value is -0.930. The van der Waals surface area contributed by atoms with Gasteiger partial charge in [-0.05, 0) is 24.1 Å². The summed E-state index contributed by atoms with van der Waals surface area (Å²) < 4.78 is 18.5. The monoisotopic (exact) mass is 437 g/mol. The number of ether oxygens (including phenoxy) is 1. The summed E-state index contributed by atoms with van der Waals surface area (Å²) in [6.45, 7) is 2.74. The molecule has 1 fully saturated rings. The van der Waals surface area contributed by atoms with Crippen molar-refractivity contribution in [2.75, 3.05) is 40.4 Å². The fraction of sp³-hybridized carbons (Fsp3) is 0.562. The summed E-state index contributed by atoms with van der Waals surface area (Å²) in [6.07, 6.45) is 0.281. The number of rotatable bonds is 5. The second-order valence-electron chi connectivity index (χ2n) is 5.61. The average Bonchev–Trinajstić information content (AvgIpc) is 3.00. The predicted molar refractivity (Wildman–Crippen MR) is 99.7 cm³/mol. The largest absolute Gasteiger partial charge is 0.387 e. The molecular weight excluding hydrogens is 412 g/mol. The average molecular weight is 437 g/mol. The molecule has 0 aliphatic carbocycles. The van der Waals surface area contributed by atoms with Crippen LogP contribution < -0.4 is 5.32 Å². The molecule has 130 valence electrons. The normalized spacial score (nSPS) is 19.1. The maximum Gasteiger partial charge on any atom is 0.193 e. The van der Waals surface area contributed by atoms with E-state index >= 15 is 0 Å². The lowest BCUT2D eigenvalue weighted by atomic mass is 10.1. The third-order valence-electron chi connectivity index (χ3n) is 3.82. The Labute approximate surface area is 153 Å². The molecule has 2 atom stereocenters. The first-order chi connectivity index (χ1) is 10.6. The maximum absolute atomic E-state index is 13.2. The van der Waals surface area contributed by atoms with Crippen LogP contribution in [0.25, 0.3) is 0 Å². The summed E-state index contributed by atoms with van der Waals surface area (Å²) in [5, 5.41) is 13.3. The van der Waals surface area contributed by atoms with Crippen LogP contribution in [-0.4, -0.2) is 56.4 Å². The predicted octanol–water partition coefficient (Wildman–Crippen LogP) is 2.02. The molecule has 0 saturated carbocycles. The van der Waals surface area contributed by atoms with Crippen LogP contribution in [0.1, 0.15) is 18.1 Å². The highest BCUT2D eigenvalue weighted by Gasteiger charge is 2.19. The van der Waals surface area contributed by atoms with Gasteiger partial charge < -0.3 is 20.1 Å². The molecule has 2 unspecified atom stereocenters. The highest BCUT2D eigenvalue weighted by molar-refractivity contribution is 14.0. The quantitative estimate of drug-likeness (QED) is 0.421. The van der Waals surface area contributed by atoms with E-state index in [1.807, 2.05) is 11.9 Å². The third kappa shape index (κ3) is 6.23. The van der Waals surface area contributed by atoms with Crippen molar-refractivity contribution in [2.45, 2.75) is 12.5 Å². The van der Waals surface area contributed by atoms with Crippen LogP contribution in [0.4, 0.5) is 4.39 Å². The van der Waals surface area contributed by atoms with E-state index < -0.39 is 6.10 Å². The zero-order valence-electron chi connectivity index (χ0n) is 13.5. The van der Waals surface area contributed by atoms with E-state index in [2.05, 4.69) is 10.3 Å². The SMILES string of the molecule is CN=C(NCC(O)c1cccc(F)c1)N(C)CC1CCOC1.I. The minimum atomic E-state index is -0.782. The first kappa shape index (κ1) is 20.1. The van der Waals surface area contributed by atoms with Crippen LogP contribution in [-0.2, 0) is 4.74 Å². The lowest BCUT2D eigenvalue weighted by molar-refractivity contribution is 0.176. The number of aliphatic imine (C=N–C) groups is 1. The molecule has 1 aromatic rings. The zero-order valence-corrected chi connectivity index (χ0v) is 15.9. The molecule has 0 amide bonds. The molecule has 1 aliphatic heterocycles. The lowest BCUT2D eigenvalue weighted by Crippen LogP contribution is -2.42. The van der Waals surface area contributed by atoms with Crippen molar-refractivity contribution in [2.24, 2.45) is 10.9 Å². The highest BCUT2D eigenvalue weighted by atomic mass is 127. The van der Waals surface area contributed by atoms with E-state index in [0.29, 0.717) is 17.4 Å². The van der Waals surface area contributed by atoms with E-state index in [1.165, 1.54) is 12.1 Å². The van der Waals surface area contributed by atoms with Gasteiger partial charge in [-0.1, -0.05) is 12.1 Å². The molecule has 1 heterocycles. The van der Waals surface area contributed by atoms with E-state index in [-0.39, 0.29) is 36.3 Å². The van der Waals surface area contributed by atoms with Crippen molar-refractivity contribution in [3.05, 3.63) is 35.6 Å². The molecule has 7 heteroatoms. The van der Waals surface area contributed by atoms with Gasteiger partial charge in [0.05, 0.1) is 12.7 Å². The number of hydrogen-bond acceptors (Lipinski definition) is 3. The van der Waals surface area contributed by atoms with Crippen LogP contribution >= 0.6 is 24.0 Å². The standard InChI is InChI=1S/C16H24FN3O2.HI/c1-18-16(20(2)10-12-6-7-22-11-12)19-9-15(21)13-4-3-5-14(17)8-13;/h3-5,8,12,15,21H,6-7,9-11H2,1-2H3,(H,18,19);1H. The maximum atomic E-state index is 13.2. The minimum Gasteiger partial charge on any atom is -0.387 e. The van der Waals surface area contributed by atoms with Crippen molar-refractivity contribution in [1.82, 2.24) is 10.2 Å². The van der Waals surface area contributed by atoms with Gasteiger partial charge >= 0.3 is 0 Å². The fourth-order valence-electron chi connectivity index (χ4n) is 2.61. The van der Waals surface area contributed by atoms with Crippen LogP contribution in [0.3, 0.4) is 0 Å². The second kappa shape index (κ2) is 10.0. The summed E-state index contributed by atoms with van der Waals surface area (Å²) in [6, 6.07) is 6.00. The van der Waals surface area contributed by atoms with Crippen LogP contribution in [0, 0.1) is 11.7 Å². The van der Waals surface area contributed by atoms with E-state index in [4.69, 9.17) is 4.74 Å². The number of guanidine groups is 1. The lowest BCUT2D eigenvalue weighted by Gasteiger charge is -2.25. The number of hydrogen-bond donors (Lipinski definition) is 2. The van der Waals surface area contributed by atoms with Gasteiger partial charge in [0.25, 0.3) is 0 Å². The number of nitrogens with one attached hydrogen (secondary N) is 1. The molecule has 0 bridgehead atoms. The summed E-state index contributed by atoms with van der Waals surface area (Å²) in [7, 11) is 3.67. The van der Waals surface area contributed by atoms with Gasteiger partial charge in [0.2, 0.25) is 0 Å². The van der Waals surface area contributed by atoms with Gasteiger partial charge in [0, 0.05) is 39.7 Å². The Morgan fingerprint density at radius 3 is 2.96 bits per heavy atom. The summed E-state index contributed by atoms with van der Waals surface area (Å²) in [5.41, 5.74) is 0.551. The smallest absolute Gasteiger partial charge is 0.193 e. The van der Waals surface area contributed by atoms with E-state index in [1.54, 1.807) is 19.2 Å². The summed E-state index contributed by atoms with van der Waals surface area (Å²) in [4.78, 5) is 6.24. The minimum absolute atomic E-state index is 0. The Morgan fingerprint density at radius 2 is 2.35 bits per heavy atom. The number of halogens is 2. The van der Waals surface area contributed by atoms with Gasteiger partial charge in [-0.2, -0.15) is 0 Å². The number of nitrogens with zero attached hydrogens (tertiary/aromatic N) is 2. The first-order valence-electron chi connectivity index (χ1n) is 7.53. The number of benzene rings is 1. The molecule has 0 spiro atoms. The Morgan fingerprint density at radius 1 is 1.57 bits per heavy atom. The van der Waals surface area contributed by atoms with Crippen molar-refractivity contribution in [3.63, 3.8) is 0 Å². The topological polar surface area (TPSA) is 57.1 Å². The number of aliphatic hydroxyl groups is 1. The molecule has 5 nitrogen and oxygen atoms in total.